The summed E-state index contributed by atoms with van der Waals surface area (Å²) in [5.74, 6) is -0.786. The van der Waals surface area contributed by atoms with Crippen LogP contribution in [0.25, 0.3) is 0 Å². The van der Waals surface area contributed by atoms with Gasteiger partial charge in [0.05, 0.1) is 0 Å². The fraction of sp³-hybridized carbons (Fsp3) is 0.778. The first-order valence-electron chi connectivity index (χ1n) is 5.34. The van der Waals surface area contributed by atoms with E-state index in [1.165, 1.54) is 21.6 Å². The van der Waals surface area contributed by atoms with Crippen molar-refractivity contribution < 1.29 is 19.1 Å². The maximum absolute atomic E-state index is 11.5. The van der Waals surface area contributed by atoms with Crippen molar-refractivity contribution in [2.24, 2.45) is 11.5 Å². The van der Waals surface area contributed by atoms with E-state index in [0.717, 1.165) is 0 Å². The minimum Gasteiger partial charge on any atom is -0.519 e. The Bertz CT molecular complexity index is 299. The zero-order chi connectivity index (χ0) is 14.3. The molecule has 0 saturated heterocycles. The molecule has 0 spiro atoms. The molecule has 0 aromatic carbocycles. The molecule has 0 fully saturated rings. The van der Waals surface area contributed by atoms with Crippen LogP contribution < -0.4 is 11.5 Å². The molecule has 2 atom stereocenters. The summed E-state index contributed by atoms with van der Waals surface area (Å²) in [6.45, 7) is 5.72. The van der Waals surface area contributed by atoms with Gasteiger partial charge in [-0.15, -0.1) is 0 Å². The van der Waals surface area contributed by atoms with Crippen molar-refractivity contribution in [2.45, 2.75) is 31.7 Å². The number of rotatable bonds is 8. The molecule has 5 N–H and O–H groups in total. The lowest BCUT2D eigenvalue weighted by Gasteiger charge is -2.20. The highest BCUT2D eigenvalue weighted by molar-refractivity contribution is 8.76. The van der Waals surface area contributed by atoms with Gasteiger partial charge < -0.3 is 21.0 Å². The summed E-state index contributed by atoms with van der Waals surface area (Å²) in [4.78, 5) is 22.0. The van der Waals surface area contributed by atoms with Crippen LogP contribution in [0.15, 0.2) is 0 Å². The lowest BCUT2D eigenvalue weighted by Crippen LogP contribution is -2.41. The van der Waals surface area contributed by atoms with E-state index < -0.39 is 32.3 Å². The van der Waals surface area contributed by atoms with Gasteiger partial charge >= 0.3 is 11.9 Å². The van der Waals surface area contributed by atoms with Gasteiger partial charge in [-0.25, -0.2) is 0 Å². The van der Waals surface area contributed by atoms with Crippen molar-refractivity contribution in [1.29, 1.82) is 0 Å². The van der Waals surface area contributed by atoms with E-state index in [1.54, 1.807) is 0 Å². The summed E-state index contributed by atoms with van der Waals surface area (Å²) >= 11 is 0. The van der Waals surface area contributed by atoms with Crippen LogP contribution in [0.2, 0.25) is 19.6 Å². The average molecular weight is 312 g/mol. The third-order valence-corrected chi connectivity index (χ3v) is 4.89. The van der Waals surface area contributed by atoms with E-state index >= 15 is 0 Å². The first-order valence-corrected chi connectivity index (χ1v) is 11.2. The maximum atomic E-state index is 11.5. The normalized spacial score (nSPS) is 14.9. The molecule has 9 heteroatoms. The molecule has 0 aromatic rings. The van der Waals surface area contributed by atoms with Gasteiger partial charge in [-0.2, -0.15) is 0 Å². The predicted molar refractivity (Wildman–Crippen MR) is 77.9 cm³/mol. The van der Waals surface area contributed by atoms with Crippen LogP contribution in [0.4, 0.5) is 0 Å². The Hall–Kier alpha value is -0.223. The quantitative estimate of drug-likeness (QED) is 0.337. The van der Waals surface area contributed by atoms with Crippen molar-refractivity contribution in [1.82, 2.24) is 0 Å². The number of hydrogen-bond donors (Lipinski definition) is 3. The smallest absolute Gasteiger partial charge is 0.321 e. The third kappa shape index (κ3) is 8.81. The Morgan fingerprint density at radius 1 is 1.17 bits per heavy atom. The molecule has 0 bridgehead atoms. The van der Waals surface area contributed by atoms with Gasteiger partial charge in [-0.1, -0.05) is 21.6 Å². The van der Waals surface area contributed by atoms with Crippen molar-refractivity contribution in [3.63, 3.8) is 0 Å². The Labute approximate surface area is 116 Å². The van der Waals surface area contributed by atoms with E-state index in [-0.39, 0.29) is 5.75 Å². The first-order chi connectivity index (χ1) is 8.13. The van der Waals surface area contributed by atoms with E-state index in [4.69, 9.17) is 21.0 Å². The highest BCUT2D eigenvalue weighted by Crippen LogP contribution is 2.22. The number of hydrogen-bond acceptors (Lipinski definition) is 7. The van der Waals surface area contributed by atoms with Gasteiger partial charge in [0.1, 0.15) is 12.1 Å². The zero-order valence-corrected chi connectivity index (χ0v) is 13.3. The van der Waals surface area contributed by atoms with Crippen LogP contribution in [0.5, 0.6) is 0 Å². The van der Waals surface area contributed by atoms with Crippen LogP contribution in [0, 0.1) is 0 Å². The molecular formula is C9H20N2O4S2Si. The van der Waals surface area contributed by atoms with Gasteiger partial charge in [0.15, 0.2) is 0 Å². The summed E-state index contributed by atoms with van der Waals surface area (Å²) in [5.41, 5.74) is 11.0. The molecular weight excluding hydrogens is 292 g/mol. The van der Waals surface area contributed by atoms with E-state index in [9.17, 15) is 9.59 Å². The minimum absolute atomic E-state index is 0.274. The summed E-state index contributed by atoms with van der Waals surface area (Å²) < 4.78 is 5.25. The van der Waals surface area contributed by atoms with Crippen molar-refractivity contribution in [3.8, 4) is 0 Å². The Morgan fingerprint density at radius 3 is 2.00 bits per heavy atom. The molecule has 18 heavy (non-hydrogen) atoms. The van der Waals surface area contributed by atoms with Crippen LogP contribution in [-0.2, 0) is 14.0 Å². The summed E-state index contributed by atoms with van der Waals surface area (Å²) in [6, 6.07) is -1.58. The molecule has 0 aromatic heterocycles. The van der Waals surface area contributed by atoms with E-state index in [2.05, 4.69) is 0 Å². The van der Waals surface area contributed by atoms with Crippen molar-refractivity contribution in [3.05, 3.63) is 0 Å². The predicted octanol–water partition coefficient (Wildman–Crippen LogP) is 0.485. The van der Waals surface area contributed by atoms with Gasteiger partial charge in [0, 0.05) is 11.5 Å². The number of carbonyl (C=O) groups is 2. The zero-order valence-electron chi connectivity index (χ0n) is 10.7. The second-order valence-electron chi connectivity index (χ2n) is 4.65. The second-order valence-corrected chi connectivity index (χ2v) is 11.6. The van der Waals surface area contributed by atoms with Crippen molar-refractivity contribution in [2.75, 3.05) is 11.5 Å². The molecule has 0 aliphatic carbocycles. The Morgan fingerprint density at radius 2 is 1.61 bits per heavy atom. The van der Waals surface area contributed by atoms with Gasteiger partial charge in [0.25, 0.3) is 0 Å². The number of carboxylic acid groups (broad SMARTS) is 1. The molecule has 0 aliphatic rings. The standard InChI is InChI=1S/C9H20N2O4S2Si/c1-18(2,3)15-9(14)7(11)5-17-16-4-6(10)8(12)13/h6-7H,4-5,10-11H2,1-3H3,(H,12,13)/t6-,7-/m0/s1. The molecule has 6 nitrogen and oxygen atoms in total. The number of aliphatic carboxylic acids is 1. The molecule has 0 rings (SSSR count). The van der Waals surface area contributed by atoms with E-state index in [1.807, 2.05) is 19.6 Å². The topological polar surface area (TPSA) is 116 Å². The van der Waals surface area contributed by atoms with Crippen LogP contribution in [-0.4, -0.2) is 49.0 Å². The Balaban J connectivity index is 3.80. The summed E-state index contributed by atoms with van der Waals surface area (Å²) in [7, 11) is 0.705. The maximum Gasteiger partial charge on any atom is 0.321 e. The average Bonchev–Trinajstić information content (AvgIpc) is 2.20. The fourth-order valence-electron chi connectivity index (χ4n) is 0.760. The number of nitrogens with two attached hydrogens (primary N) is 2. The lowest BCUT2D eigenvalue weighted by molar-refractivity contribution is -0.138. The van der Waals surface area contributed by atoms with Crippen LogP contribution in [0.1, 0.15) is 0 Å². The third-order valence-electron chi connectivity index (χ3n) is 1.61. The van der Waals surface area contributed by atoms with Crippen LogP contribution >= 0.6 is 21.6 Å². The van der Waals surface area contributed by atoms with Crippen molar-refractivity contribution >= 4 is 41.8 Å². The van der Waals surface area contributed by atoms with Gasteiger partial charge in [0.2, 0.25) is 8.32 Å². The van der Waals surface area contributed by atoms with E-state index in [0.29, 0.717) is 5.75 Å². The SMILES string of the molecule is C[Si](C)(C)OC(=O)[C@@H](N)CSSC[C@H](N)C(=O)O. The lowest BCUT2D eigenvalue weighted by atomic mass is 10.4. The monoisotopic (exact) mass is 312 g/mol. The molecule has 0 saturated carbocycles. The fourth-order valence-corrected chi connectivity index (χ4v) is 3.74. The number of carboxylic acids is 1. The summed E-state index contributed by atoms with van der Waals surface area (Å²) in [5, 5.41) is 8.56. The highest BCUT2D eigenvalue weighted by Gasteiger charge is 2.24. The second kappa shape index (κ2) is 8.05. The van der Waals surface area contributed by atoms with Gasteiger partial charge in [-0.3, -0.25) is 9.59 Å². The van der Waals surface area contributed by atoms with Gasteiger partial charge in [-0.05, 0) is 19.6 Å². The van der Waals surface area contributed by atoms with Crippen LogP contribution in [0.3, 0.4) is 0 Å². The minimum atomic E-state index is -1.91. The molecule has 0 unspecified atom stereocenters. The first kappa shape index (κ1) is 17.8. The number of carbonyl (C=O) groups excluding carboxylic acids is 1. The summed E-state index contributed by atoms with van der Waals surface area (Å²) in [6.07, 6.45) is 0. The Kier molecular flexibility index (Phi) is 7.95. The largest absolute Gasteiger partial charge is 0.519 e. The highest BCUT2D eigenvalue weighted by atomic mass is 33.1. The molecule has 0 radical (unpaired) electrons. The molecule has 106 valence electrons. The molecule has 0 amide bonds. The molecule has 0 aliphatic heterocycles. The molecule has 0 heterocycles.